The molecule has 1 aromatic carbocycles. The van der Waals surface area contributed by atoms with E-state index in [1.807, 2.05) is 31.2 Å². The molecular formula is C16H19N3O3S2. The third-order valence-electron chi connectivity index (χ3n) is 3.92. The van der Waals surface area contributed by atoms with Crippen LogP contribution in [0.15, 0.2) is 29.3 Å². The Kier molecular flexibility index (Phi) is 4.78. The van der Waals surface area contributed by atoms with Gasteiger partial charge < -0.3 is 5.32 Å². The molecule has 1 amide bonds. The van der Waals surface area contributed by atoms with Crippen LogP contribution in [-0.4, -0.2) is 47.1 Å². The van der Waals surface area contributed by atoms with Gasteiger partial charge in [0.1, 0.15) is 10.9 Å². The van der Waals surface area contributed by atoms with Crippen LogP contribution in [0.1, 0.15) is 19.2 Å². The molecule has 0 spiro atoms. The van der Waals surface area contributed by atoms with E-state index in [1.165, 1.54) is 11.8 Å². The Morgan fingerprint density at radius 2 is 2.08 bits per heavy atom. The highest BCUT2D eigenvalue weighted by atomic mass is 32.2. The number of amides is 1. The number of sulfone groups is 1. The first-order valence-electron chi connectivity index (χ1n) is 7.75. The van der Waals surface area contributed by atoms with Gasteiger partial charge in [-0.1, -0.05) is 30.0 Å². The van der Waals surface area contributed by atoms with Crippen LogP contribution < -0.4 is 5.32 Å². The zero-order valence-electron chi connectivity index (χ0n) is 13.5. The Balaban J connectivity index is 1.73. The molecule has 1 aliphatic heterocycles. The predicted octanol–water partition coefficient (Wildman–Crippen LogP) is 1.72. The summed E-state index contributed by atoms with van der Waals surface area (Å²) in [5, 5.41) is 4.14. The average Bonchev–Trinajstić information content (AvgIpc) is 2.85. The summed E-state index contributed by atoms with van der Waals surface area (Å²) in [6, 6.07) is 7.40. The SMILES string of the molecule is Cc1nc(S[C@@H](C)C(=O)N[C@@H]2CCS(=O)(=O)C2)c2ccccc2n1. The second-order valence-corrected chi connectivity index (χ2v) is 9.52. The summed E-state index contributed by atoms with van der Waals surface area (Å²) in [6.07, 6.45) is 0.487. The Bertz CT molecular complexity index is 883. The predicted molar refractivity (Wildman–Crippen MR) is 94.8 cm³/mol. The molecule has 0 bridgehead atoms. The summed E-state index contributed by atoms with van der Waals surface area (Å²) in [7, 11) is -3.00. The van der Waals surface area contributed by atoms with Crippen molar-refractivity contribution in [3.05, 3.63) is 30.1 Å². The highest BCUT2D eigenvalue weighted by molar-refractivity contribution is 8.00. The highest BCUT2D eigenvalue weighted by Gasteiger charge is 2.30. The number of hydrogen-bond acceptors (Lipinski definition) is 6. The third kappa shape index (κ3) is 3.87. The maximum atomic E-state index is 12.4. The van der Waals surface area contributed by atoms with E-state index in [4.69, 9.17) is 0 Å². The second-order valence-electron chi connectivity index (χ2n) is 5.96. The van der Waals surface area contributed by atoms with Crippen LogP contribution in [0.3, 0.4) is 0 Å². The number of nitrogens with one attached hydrogen (secondary N) is 1. The lowest BCUT2D eigenvalue weighted by molar-refractivity contribution is -0.120. The third-order valence-corrected chi connectivity index (χ3v) is 6.79. The van der Waals surface area contributed by atoms with Crippen LogP contribution in [0.4, 0.5) is 0 Å². The van der Waals surface area contributed by atoms with Crippen molar-refractivity contribution in [2.45, 2.75) is 36.6 Å². The van der Waals surface area contributed by atoms with E-state index in [0.29, 0.717) is 12.2 Å². The number of thioether (sulfide) groups is 1. The molecular weight excluding hydrogens is 346 g/mol. The molecule has 0 radical (unpaired) electrons. The minimum atomic E-state index is -3.00. The van der Waals surface area contributed by atoms with Crippen LogP contribution in [0.25, 0.3) is 10.9 Å². The molecule has 24 heavy (non-hydrogen) atoms. The van der Waals surface area contributed by atoms with E-state index in [2.05, 4.69) is 15.3 Å². The summed E-state index contributed by atoms with van der Waals surface area (Å²) in [6.45, 7) is 3.63. The molecule has 128 valence electrons. The highest BCUT2D eigenvalue weighted by Crippen LogP contribution is 2.28. The van der Waals surface area contributed by atoms with Crippen LogP contribution in [0.2, 0.25) is 0 Å². The minimum Gasteiger partial charge on any atom is -0.351 e. The van der Waals surface area contributed by atoms with Gasteiger partial charge in [0, 0.05) is 11.4 Å². The maximum absolute atomic E-state index is 12.4. The summed E-state index contributed by atoms with van der Waals surface area (Å²) < 4.78 is 23.0. The lowest BCUT2D eigenvalue weighted by atomic mass is 10.2. The van der Waals surface area contributed by atoms with Crippen molar-refractivity contribution in [2.24, 2.45) is 0 Å². The second kappa shape index (κ2) is 6.68. The summed E-state index contributed by atoms with van der Waals surface area (Å²) in [5.41, 5.74) is 0.849. The lowest BCUT2D eigenvalue weighted by Crippen LogP contribution is -2.39. The standard InChI is InChI=1S/C16H19N3O3S2/c1-10(15(20)19-12-7-8-24(21,22)9-12)23-16-13-5-3-4-6-14(13)17-11(2)18-16/h3-6,10,12H,7-9H2,1-2H3,(H,19,20)/t10-,12+/m0/s1. The molecule has 2 aromatic rings. The number of aromatic nitrogens is 2. The van der Waals surface area contributed by atoms with E-state index in [1.54, 1.807) is 6.92 Å². The number of carbonyl (C=O) groups excluding carboxylic acids is 1. The Labute approximate surface area is 145 Å². The minimum absolute atomic E-state index is 0.0334. The van der Waals surface area contributed by atoms with E-state index < -0.39 is 9.84 Å². The first kappa shape index (κ1) is 17.2. The van der Waals surface area contributed by atoms with Gasteiger partial charge in [-0.05, 0) is 26.3 Å². The van der Waals surface area contributed by atoms with Crippen LogP contribution in [0, 0.1) is 6.92 Å². The molecule has 3 rings (SSSR count). The molecule has 8 heteroatoms. The average molecular weight is 365 g/mol. The lowest BCUT2D eigenvalue weighted by Gasteiger charge is -2.16. The van der Waals surface area contributed by atoms with E-state index in [9.17, 15) is 13.2 Å². The van der Waals surface area contributed by atoms with Crippen molar-refractivity contribution >= 4 is 38.4 Å². The van der Waals surface area contributed by atoms with Gasteiger partial charge >= 0.3 is 0 Å². The smallest absolute Gasteiger partial charge is 0.233 e. The fourth-order valence-electron chi connectivity index (χ4n) is 2.70. The van der Waals surface area contributed by atoms with Crippen LogP contribution in [-0.2, 0) is 14.6 Å². The zero-order chi connectivity index (χ0) is 17.3. The van der Waals surface area contributed by atoms with E-state index in [-0.39, 0.29) is 28.7 Å². The van der Waals surface area contributed by atoms with Crippen molar-refractivity contribution in [3.8, 4) is 0 Å². The van der Waals surface area contributed by atoms with Gasteiger partial charge in [-0.3, -0.25) is 4.79 Å². The number of fused-ring (bicyclic) bond motifs is 1. The Morgan fingerprint density at radius 3 is 2.79 bits per heavy atom. The van der Waals surface area contributed by atoms with Crippen LogP contribution >= 0.6 is 11.8 Å². The Morgan fingerprint density at radius 1 is 1.33 bits per heavy atom. The molecule has 2 heterocycles. The number of nitrogens with zero attached hydrogens (tertiary/aromatic N) is 2. The van der Waals surface area contributed by atoms with Gasteiger partial charge in [-0.25, -0.2) is 18.4 Å². The maximum Gasteiger partial charge on any atom is 0.233 e. The van der Waals surface area contributed by atoms with Crippen molar-refractivity contribution < 1.29 is 13.2 Å². The van der Waals surface area contributed by atoms with Gasteiger partial charge in [-0.2, -0.15) is 0 Å². The normalized spacial score (nSPS) is 20.8. The number of carbonyl (C=O) groups is 1. The number of rotatable bonds is 4. The summed E-state index contributed by atoms with van der Waals surface area (Å²) in [5.74, 6) is 0.675. The van der Waals surface area contributed by atoms with Gasteiger partial charge in [0.05, 0.1) is 22.3 Å². The molecule has 1 saturated heterocycles. The van der Waals surface area contributed by atoms with Crippen LogP contribution in [0.5, 0.6) is 0 Å². The number of para-hydroxylation sites is 1. The van der Waals surface area contributed by atoms with Gasteiger partial charge in [-0.15, -0.1) is 0 Å². The van der Waals surface area contributed by atoms with Gasteiger partial charge in [0.15, 0.2) is 9.84 Å². The molecule has 0 unspecified atom stereocenters. The summed E-state index contributed by atoms with van der Waals surface area (Å²) >= 11 is 1.37. The Hall–Kier alpha value is -1.67. The number of benzene rings is 1. The molecule has 0 aliphatic carbocycles. The number of hydrogen-bond donors (Lipinski definition) is 1. The molecule has 0 saturated carbocycles. The topological polar surface area (TPSA) is 89.0 Å². The van der Waals surface area contributed by atoms with E-state index >= 15 is 0 Å². The van der Waals surface area contributed by atoms with Crippen molar-refractivity contribution in [2.75, 3.05) is 11.5 Å². The number of aryl methyl sites for hydroxylation is 1. The van der Waals surface area contributed by atoms with Crippen molar-refractivity contribution in [1.29, 1.82) is 0 Å². The molecule has 1 aromatic heterocycles. The molecule has 2 atom stereocenters. The first-order chi connectivity index (χ1) is 11.3. The quantitative estimate of drug-likeness (QED) is 0.655. The monoisotopic (exact) mass is 365 g/mol. The fourth-order valence-corrected chi connectivity index (χ4v) is 5.36. The molecule has 6 nitrogen and oxygen atoms in total. The van der Waals surface area contributed by atoms with E-state index in [0.717, 1.165) is 15.9 Å². The van der Waals surface area contributed by atoms with Gasteiger partial charge in [0.2, 0.25) is 5.91 Å². The van der Waals surface area contributed by atoms with Crippen molar-refractivity contribution in [3.63, 3.8) is 0 Å². The molecule has 1 fully saturated rings. The molecule has 1 aliphatic rings. The zero-order valence-corrected chi connectivity index (χ0v) is 15.2. The summed E-state index contributed by atoms with van der Waals surface area (Å²) in [4.78, 5) is 21.2. The van der Waals surface area contributed by atoms with Crippen molar-refractivity contribution in [1.82, 2.24) is 15.3 Å². The van der Waals surface area contributed by atoms with Gasteiger partial charge in [0.25, 0.3) is 0 Å². The molecule has 1 N–H and O–H groups in total. The largest absolute Gasteiger partial charge is 0.351 e. The first-order valence-corrected chi connectivity index (χ1v) is 10.4. The fraction of sp³-hybridized carbons (Fsp3) is 0.438.